The monoisotopic (exact) mass is 716 g/mol. The minimum atomic E-state index is -0.345. The molecule has 10 heteroatoms. The number of benzene rings is 4. The normalized spacial score (nSPS) is 15.0. The lowest BCUT2D eigenvalue weighted by atomic mass is 9.89. The Kier molecular flexibility index (Phi) is 13.4. The van der Waals surface area contributed by atoms with Gasteiger partial charge in [0.1, 0.15) is 5.75 Å². The molecule has 0 spiro atoms. The predicted molar refractivity (Wildman–Crippen MR) is 204 cm³/mol. The number of halogens is 2. The van der Waals surface area contributed by atoms with E-state index in [0.29, 0.717) is 62.2 Å². The molecule has 2 aliphatic carbocycles. The van der Waals surface area contributed by atoms with Crippen molar-refractivity contribution >= 4 is 63.1 Å². The van der Waals surface area contributed by atoms with Crippen LogP contribution >= 0.6 is 23.2 Å². The maximum absolute atomic E-state index is 13.3. The lowest BCUT2D eigenvalue weighted by Gasteiger charge is -2.22. The van der Waals surface area contributed by atoms with E-state index in [1.165, 1.54) is 58.5 Å². The highest BCUT2D eigenvalue weighted by molar-refractivity contribution is 6.31. The standard InChI is InChI=1S/C26H27ClN2O3.C14H19ClN2O/c1-32-23-14-11-18-9-5-6-10-20(18)24(23)26(31)29-22-13-12-19(27)15-21(22)25(30)28-16-17-7-3-2-4-8-17;15-11-6-7-13(16)12(8-11)14(18)17-9-10-4-2-1-3-5-10/h5-6,9-15,17H,2-4,7-8,16H2,1H3,(H,28,30)(H,29,31);6-8,10H,1-5,9,16H2,(H,17,18). The summed E-state index contributed by atoms with van der Waals surface area (Å²) in [5, 5.41) is 11.6. The van der Waals surface area contributed by atoms with Gasteiger partial charge in [0.25, 0.3) is 17.7 Å². The van der Waals surface area contributed by atoms with Crippen molar-refractivity contribution in [3.8, 4) is 5.75 Å². The van der Waals surface area contributed by atoms with Gasteiger partial charge >= 0.3 is 0 Å². The molecular weight excluding hydrogens is 671 g/mol. The fourth-order valence-electron chi connectivity index (χ4n) is 6.83. The second-order valence-electron chi connectivity index (χ2n) is 13.2. The minimum Gasteiger partial charge on any atom is -0.496 e. The predicted octanol–water partition coefficient (Wildman–Crippen LogP) is 9.30. The van der Waals surface area contributed by atoms with Crippen LogP contribution in [0, 0.1) is 11.8 Å². The molecule has 0 bridgehead atoms. The second-order valence-corrected chi connectivity index (χ2v) is 14.0. The van der Waals surface area contributed by atoms with E-state index in [2.05, 4.69) is 16.0 Å². The molecule has 0 aliphatic heterocycles. The summed E-state index contributed by atoms with van der Waals surface area (Å²) in [7, 11) is 1.54. The lowest BCUT2D eigenvalue weighted by Crippen LogP contribution is -2.31. The Balaban J connectivity index is 0.000000228. The highest BCUT2D eigenvalue weighted by atomic mass is 35.5. The van der Waals surface area contributed by atoms with Crippen LogP contribution in [0.1, 0.15) is 95.3 Å². The van der Waals surface area contributed by atoms with Crippen LogP contribution in [0.3, 0.4) is 0 Å². The van der Waals surface area contributed by atoms with E-state index in [0.717, 1.165) is 30.2 Å². The molecule has 4 aromatic carbocycles. The molecule has 2 saturated carbocycles. The third-order valence-corrected chi connectivity index (χ3v) is 10.1. The fraction of sp³-hybridized carbons (Fsp3) is 0.375. The number of nitrogens with two attached hydrogens (primary N) is 1. The van der Waals surface area contributed by atoms with Crippen LogP contribution in [0.15, 0.2) is 72.8 Å². The molecule has 0 unspecified atom stereocenters. The first-order chi connectivity index (χ1) is 24.2. The van der Waals surface area contributed by atoms with Gasteiger partial charge in [0.2, 0.25) is 0 Å². The van der Waals surface area contributed by atoms with Crippen molar-refractivity contribution in [3.05, 3.63) is 99.5 Å². The Morgan fingerprint density at radius 2 is 1.26 bits per heavy atom. The highest BCUT2D eigenvalue weighted by Gasteiger charge is 2.21. The topological polar surface area (TPSA) is 123 Å². The summed E-state index contributed by atoms with van der Waals surface area (Å²) in [6.07, 6.45) is 12.3. The zero-order chi connectivity index (χ0) is 35.5. The summed E-state index contributed by atoms with van der Waals surface area (Å²) >= 11 is 12.1. The van der Waals surface area contributed by atoms with Crippen LogP contribution in [0.4, 0.5) is 11.4 Å². The first-order valence-corrected chi connectivity index (χ1v) is 18.3. The second kappa shape index (κ2) is 18.1. The Bertz CT molecular complexity index is 1800. The van der Waals surface area contributed by atoms with Crippen molar-refractivity contribution in [1.82, 2.24) is 10.6 Å². The largest absolute Gasteiger partial charge is 0.496 e. The van der Waals surface area contributed by atoms with Gasteiger partial charge in [-0.1, -0.05) is 92.1 Å². The van der Waals surface area contributed by atoms with E-state index in [1.54, 1.807) is 42.5 Å². The van der Waals surface area contributed by atoms with Crippen molar-refractivity contribution in [2.24, 2.45) is 11.8 Å². The molecule has 5 N–H and O–H groups in total. The van der Waals surface area contributed by atoms with Gasteiger partial charge in [-0.3, -0.25) is 14.4 Å². The Morgan fingerprint density at radius 3 is 1.88 bits per heavy atom. The number of methoxy groups -OCH3 is 1. The number of rotatable bonds is 9. The summed E-state index contributed by atoms with van der Waals surface area (Å²) in [6.45, 7) is 1.38. The molecule has 2 aliphatic rings. The van der Waals surface area contributed by atoms with Crippen LogP contribution in [-0.4, -0.2) is 37.9 Å². The van der Waals surface area contributed by atoms with E-state index in [-0.39, 0.29) is 17.7 Å². The summed E-state index contributed by atoms with van der Waals surface area (Å²) in [6, 6.07) is 21.2. The van der Waals surface area contributed by atoms with E-state index in [9.17, 15) is 14.4 Å². The lowest BCUT2D eigenvalue weighted by molar-refractivity contribution is 0.0936. The molecule has 0 aromatic heterocycles. The first-order valence-electron chi connectivity index (χ1n) is 17.5. The number of carbonyl (C=O) groups is 3. The van der Waals surface area contributed by atoms with Gasteiger partial charge < -0.3 is 26.4 Å². The number of amides is 3. The number of nitrogens with one attached hydrogen (secondary N) is 3. The third-order valence-electron chi connectivity index (χ3n) is 9.62. The molecule has 3 amide bonds. The first kappa shape index (κ1) is 37.0. The maximum atomic E-state index is 13.3. The number of hydrogen-bond acceptors (Lipinski definition) is 5. The number of ether oxygens (including phenoxy) is 1. The summed E-state index contributed by atoms with van der Waals surface area (Å²) in [5.41, 5.74) is 7.91. The van der Waals surface area contributed by atoms with E-state index < -0.39 is 0 Å². The van der Waals surface area contributed by atoms with Crippen LogP contribution < -0.4 is 26.4 Å². The Labute approximate surface area is 304 Å². The van der Waals surface area contributed by atoms with Gasteiger partial charge in [0, 0.05) is 28.8 Å². The number of fused-ring (bicyclic) bond motifs is 1. The van der Waals surface area contributed by atoms with Crippen molar-refractivity contribution in [1.29, 1.82) is 0 Å². The molecule has 50 heavy (non-hydrogen) atoms. The number of anilines is 2. The van der Waals surface area contributed by atoms with E-state index >= 15 is 0 Å². The molecule has 0 atom stereocenters. The molecule has 0 heterocycles. The van der Waals surface area contributed by atoms with Gasteiger partial charge in [-0.15, -0.1) is 0 Å². The van der Waals surface area contributed by atoms with Gasteiger partial charge in [-0.05, 0) is 90.8 Å². The van der Waals surface area contributed by atoms with Crippen molar-refractivity contribution in [3.63, 3.8) is 0 Å². The molecule has 264 valence electrons. The zero-order valence-corrected chi connectivity index (χ0v) is 30.0. The smallest absolute Gasteiger partial charge is 0.260 e. The quantitative estimate of drug-likeness (QED) is 0.129. The van der Waals surface area contributed by atoms with Crippen molar-refractivity contribution in [2.75, 3.05) is 31.2 Å². The average Bonchev–Trinajstić information content (AvgIpc) is 3.15. The average molecular weight is 718 g/mol. The Morgan fingerprint density at radius 1 is 0.700 bits per heavy atom. The van der Waals surface area contributed by atoms with Crippen molar-refractivity contribution < 1.29 is 19.1 Å². The molecular formula is C40H46Cl2N4O4. The summed E-state index contributed by atoms with van der Waals surface area (Å²) < 4.78 is 5.45. The van der Waals surface area contributed by atoms with Crippen LogP contribution in [-0.2, 0) is 0 Å². The fourth-order valence-corrected chi connectivity index (χ4v) is 7.17. The minimum absolute atomic E-state index is 0.124. The molecule has 4 aromatic rings. The van der Waals surface area contributed by atoms with Crippen LogP contribution in [0.25, 0.3) is 10.8 Å². The molecule has 0 saturated heterocycles. The maximum Gasteiger partial charge on any atom is 0.260 e. The zero-order valence-electron chi connectivity index (χ0n) is 28.5. The van der Waals surface area contributed by atoms with Gasteiger partial charge in [-0.2, -0.15) is 0 Å². The number of hydrogen-bond donors (Lipinski definition) is 4. The van der Waals surface area contributed by atoms with Gasteiger partial charge in [-0.25, -0.2) is 0 Å². The van der Waals surface area contributed by atoms with E-state index in [1.807, 2.05) is 30.3 Å². The van der Waals surface area contributed by atoms with Crippen molar-refractivity contribution in [2.45, 2.75) is 64.2 Å². The summed E-state index contributed by atoms with van der Waals surface area (Å²) in [5.74, 6) is 0.882. The molecule has 2 fully saturated rings. The SMILES string of the molecule is COc1ccc2ccccc2c1C(=O)Nc1ccc(Cl)cc1C(=O)NCC1CCCCC1.Nc1ccc(Cl)cc1C(=O)NCC1CCCCC1. The summed E-state index contributed by atoms with van der Waals surface area (Å²) in [4.78, 5) is 38.3. The third kappa shape index (κ3) is 9.92. The molecule has 8 nitrogen and oxygen atoms in total. The highest BCUT2D eigenvalue weighted by Crippen LogP contribution is 2.30. The van der Waals surface area contributed by atoms with Crippen LogP contribution in [0.5, 0.6) is 5.75 Å². The number of nitrogen functional groups attached to an aromatic ring is 1. The molecule has 0 radical (unpaired) electrons. The van der Waals surface area contributed by atoms with Gasteiger partial charge in [0.15, 0.2) is 0 Å². The van der Waals surface area contributed by atoms with Gasteiger partial charge in [0.05, 0.1) is 29.5 Å². The number of carbonyl (C=O) groups excluding carboxylic acids is 3. The van der Waals surface area contributed by atoms with Crippen LogP contribution in [0.2, 0.25) is 10.0 Å². The molecule has 6 rings (SSSR count). The Hall–Kier alpha value is -4.27. The van der Waals surface area contributed by atoms with E-state index in [4.69, 9.17) is 33.7 Å².